The van der Waals surface area contributed by atoms with E-state index in [4.69, 9.17) is 0 Å². The SMILES string of the molecule is Cc1cccc2sc(N3CC(C(=O)N4CCC(F)(F)CC4)C3)nc12. The number of fused-ring (bicyclic) bond motifs is 1. The Kier molecular flexibility index (Phi) is 3.71. The normalized spacial score (nSPS) is 21.1. The van der Waals surface area contributed by atoms with Crippen LogP contribution in [0.3, 0.4) is 0 Å². The molecule has 2 aliphatic rings. The molecule has 0 spiro atoms. The highest BCUT2D eigenvalue weighted by Crippen LogP contribution is 2.35. The Labute approximate surface area is 143 Å². The summed E-state index contributed by atoms with van der Waals surface area (Å²) < 4.78 is 27.6. The number of hydrogen-bond acceptors (Lipinski definition) is 4. The zero-order chi connectivity index (χ0) is 16.9. The van der Waals surface area contributed by atoms with E-state index in [1.54, 1.807) is 16.2 Å². The molecule has 128 valence electrons. The van der Waals surface area contributed by atoms with E-state index >= 15 is 0 Å². The quantitative estimate of drug-likeness (QED) is 0.833. The molecule has 2 aromatic rings. The fourth-order valence-corrected chi connectivity index (χ4v) is 4.37. The number of halogens is 2. The van der Waals surface area contributed by atoms with Gasteiger partial charge < -0.3 is 9.80 Å². The van der Waals surface area contributed by atoms with Gasteiger partial charge in [-0.15, -0.1) is 0 Å². The van der Waals surface area contributed by atoms with E-state index in [1.807, 2.05) is 19.1 Å². The average Bonchev–Trinajstić information content (AvgIpc) is 2.90. The van der Waals surface area contributed by atoms with E-state index in [1.165, 1.54) is 0 Å². The van der Waals surface area contributed by atoms with Crippen molar-refractivity contribution in [3.63, 3.8) is 0 Å². The Morgan fingerprint density at radius 2 is 2.00 bits per heavy atom. The highest BCUT2D eigenvalue weighted by Gasteiger charge is 2.41. The molecule has 24 heavy (non-hydrogen) atoms. The topological polar surface area (TPSA) is 36.4 Å². The standard InChI is InChI=1S/C17H19F2N3OS/c1-11-3-2-4-13-14(11)20-16(24-13)22-9-12(10-22)15(23)21-7-5-17(18,19)6-8-21/h2-4,12H,5-10H2,1H3. The van der Waals surface area contributed by atoms with Crippen LogP contribution in [0.1, 0.15) is 18.4 Å². The van der Waals surface area contributed by atoms with Crippen molar-refractivity contribution in [2.75, 3.05) is 31.1 Å². The first-order valence-electron chi connectivity index (χ1n) is 8.21. The third-order valence-corrected chi connectivity index (χ3v) is 6.00. The second kappa shape index (κ2) is 5.65. The van der Waals surface area contributed by atoms with E-state index < -0.39 is 5.92 Å². The Morgan fingerprint density at radius 1 is 1.29 bits per heavy atom. The molecule has 1 aromatic heterocycles. The molecular formula is C17H19F2N3OS. The number of likely N-dealkylation sites (tertiary alicyclic amines) is 1. The number of alkyl halides is 2. The van der Waals surface area contributed by atoms with Crippen LogP contribution >= 0.6 is 11.3 Å². The molecule has 3 heterocycles. The minimum atomic E-state index is -2.61. The van der Waals surface area contributed by atoms with E-state index in [0.29, 0.717) is 13.1 Å². The predicted octanol–water partition coefficient (Wildman–Crippen LogP) is 3.30. The van der Waals surface area contributed by atoms with Crippen molar-refractivity contribution in [2.24, 2.45) is 5.92 Å². The number of nitrogens with zero attached hydrogens (tertiary/aromatic N) is 3. The Bertz CT molecular complexity index is 775. The van der Waals surface area contributed by atoms with Crippen molar-refractivity contribution in [1.82, 2.24) is 9.88 Å². The van der Waals surface area contributed by atoms with Gasteiger partial charge in [-0.1, -0.05) is 23.5 Å². The smallest absolute Gasteiger partial charge is 0.251 e. The maximum atomic E-state index is 13.2. The first-order valence-corrected chi connectivity index (χ1v) is 9.02. The Hall–Kier alpha value is -1.76. The van der Waals surface area contributed by atoms with Crippen molar-refractivity contribution >= 4 is 32.6 Å². The molecule has 0 atom stereocenters. The first kappa shape index (κ1) is 15.7. The molecule has 0 unspecified atom stereocenters. The van der Waals surface area contributed by atoms with Gasteiger partial charge >= 0.3 is 0 Å². The van der Waals surface area contributed by atoms with Crippen LogP contribution < -0.4 is 4.90 Å². The van der Waals surface area contributed by atoms with Gasteiger partial charge in [-0.2, -0.15) is 0 Å². The number of carbonyl (C=O) groups is 1. The molecular weight excluding hydrogens is 332 g/mol. The predicted molar refractivity (Wildman–Crippen MR) is 90.8 cm³/mol. The van der Waals surface area contributed by atoms with Crippen molar-refractivity contribution < 1.29 is 13.6 Å². The molecule has 2 fully saturated rings. The zero-order valence-electron chi connectivity index (χ0n) is 13.5. The van der Waals surface area contributed by atoms with Gasteiger partial charge in [0.05, 0.1) is 16.1 Å². The number of aryl methyl sites for hydroxylation is 1. The number of hydrogen-bond donors (Lipinski definition) is 0. The molecule has 0 aliphatic carbocycles. The molecule has 1 amide bonds. The van der Waals surface area contributed by atoms with Gasteiger partial charge in [-0.3, -0.25) is 4.79 Å². The summed E-state index contributed by atoms with van der Waals surface area (Å²) in [6.07, 6.45) is -0.432. The lowest BCUT2D eigenvalue weighted by atomic mass is 9.97. The summed E-state index contributed by atoms with van der Waals surface area (Å²) in [7, 11) is 0. The van der Waals surface area contributed by atoms with Crippen molar-refractivity contribution in [2.45, 2.75) is 25.7 Å². The number of piperidine rings is 1. The molecule has 0 N–H and O–H groups in total. The van der Waals surface area contributed by atoms with Crippen LogP contribution in [0.25, 0.3) is 10.2 Å². The molecule has 7 heteroatoms. The number of para-hydroxylation sites is 1. The number of thiazole rings is 1. The fourth-order valence-electron chi connectivity index (χ4n) is 3.31. The Morgan fingerprint density at radius 3 is 2.67 bits per heavy atom. The van der Waals surface area contributed by atoms with Crippen LogP contribution in [-0.4, -0.2) is 47.9 Å². The van der Waals surface area contributed by atoms with Gasteiger partial charge in [0.1, 0.15) is 0 Å². The molecule has 1 aromatic carbocycles. The van der Waals surface area contributed by atoms with Crippen LogP contribution in [0.2, 0.25) is 0 Å². The molecule has 4 rings (SSSR count). The molecule has 0 saturated carbocycles. The minimum absolute atomic E-state index is 0.0130. The maximum Gasteiger partial charge on any atom is 0.251 e. The fraction of sp³-hybridized carbons (Fsp3) is 0.529. The number of rotatable bonds is 2. The van der Waals surface area contributed by atoms with E-state index in [2.05, 4.69) is 16.0 Å². The number of carbonyl (C=O) groups excluding carboxylic acids is 1. The monoisotopic (exact) mass is 351 g/mol. The van der Waals surface area contributed by atoms with Gasteiger partial charge in [0, 0.05) is 39.0 Å². The summed E-state index contributed by atoms with van der Waals surface area (Å²) in [6, 6.07) is 6.12. The third kappa shape index (κ3) is 2.75. The summed E-state index contributed by atoms with van der Waals surface area (Å²) in [6.45, 7) is 3.64. The highest BCUT2D eigenvalue weighted by molar-refractivity contribution is 7.22. The third-order valence-electron chi connectivity index (χ3n) is 4.92. The van der Waals surface area contributed by atoms with Crippen LogP contribution in [0.5, 0.6) is 0 Å². The highest BCUT2D eigenvalue weighted by atomic mass is 32.1. The molecule has 0 radical (unpaired) electrons. The number of aromatic nitrogens is 1. The average molecular weight is 351 g/mol. The lowest BCUT2D eigenvalue weighted by Gasteiger charge is -2.42. The molecule has 0 bridgehead atoms. The summed E-state index contributed by atoms with van der Waals surface area (Å²) in [4.78, 5) is 20.8. The van der Waals surface area contributed by atoms with E-state index in [-0.39, 0.29) is 37.8 Å². The van der Waals surface area contributed by atoms with Crippen molar-refractivity contribution in [3.8, 4) is 0 Å². The van der Waals surface area contributed by atoms with Crippen LogP contribution in [0, 0.1) is 12.8 Å². The number of benzene rings is 1. The van der Waals surface area contributed by atoms with Gasteiger partial charge in [0.25, 0.3) is 5.92 Å². The zero-order valence-corrected chi connectivity index (χ0v) is 14.3. The van der Waals surface area contributed by atoms with E-state index in [0.717, 1.165) is 20.9 Å². The lowest BCUT2D eigenvalue weighted by Crippen LogP contribution is -2.56. The van der Waals surface area contributed by atoms with E-state index in [9.17, 15) is 13.6 Å². The summed E-state index contributed by atoms with van der Waals surface area (Å²) >= 11 is 1.64. The summed E-state index contributed by atoms with van der Waals surface area (Å²) in [5, 5.41) is 0.938. The molecule has 2 aliphatic heterocycles. The van der Waals surface area contributed by atoms with Gasteiger partial charge in [0.15, 0.2) is 5.13 Å². The van der Waals surface area contributed by atoms with Crippen LogP contribution in [-0.2, 0) is 4.79 Å². The minimum Gasteiger partial charge on any atom is -0.346 e. The van der Waals surface area contributed by atoms with Gasteiger partial charge in [-0.05, 0) is 18.6 Å². The summed E-state index contributed by atoms with van der Waals surface area (Å²) in [5.41, 5.74) is 2.17. The molecule has 2 saturated heterocycles. The number of amides is 1. The Balaban J connectivity index is 1.39. The second-order valence-electron chi connectivity index (χ2n) is 6.70. The van der Waals surface area contributed by atoms with Crippen LogP contribution in [0.15, 0.2) is 18.2 Å². The largest absolute Gasteiger partial charge is 0.346 e. The van der Waals surface area contributed by atoms with Crippen molar-refractivity contribution in [3.05, 3.63) is 23.8 Å². The summed E-state index contributed by atoms with van der Waals surface area (Å²) in [5.74, 6) is -2.69. The van der Waals surface area contributed by atoms with Gasteiger partial charge in [-0.25, -0.2) is 13.8 Å². The van der Waals surface area contributed by atoms with Crippen LogP contribution in [0.4, 0.5) is 13.9 Å². The lowest BCUT2D eigenvalue weighted by molar-refractivity contribution is -0.142. The maximum absolute atomic E-state index is 13.2. The number of anilines is 1. The van der Waals surface area contributed by atoms with Crippen molar-refractivity contribution in [1.29, 1.82) is 0 Å². The first-order chi connectivity index (χ1) is 11.4. The van der Waals surface area contributed by atoms with Gasteiger partial charge in [0.2, 0.25) is 5.91 Å². The molecule has 4 nitrogen and oxygen atoms in total. The second-order valence-corrected chi connectivity index (χ2v) is 7.71.